The molecule has 0 bridgehead atoms. The number of carbonyl (C=O) groups excluding carboxylic acids is 1. The molecule has 0 aromatic heterocycles. The van der Waals surface area contributed by atoms with Crippen LogP contribution >= 0.6 is 0 Å². The van der Waals surface area contributed by atoms with Crippen LogP contribution in [0.1, 0.15) is 17.3 Å². The maximum absolute atomic E-state index is 13.2. The number of hydrogen-bond acceptors (Lipinski definition) is 3. The number of hydrogen-bond donors (Lipinski definition) is 3. The molecule has 0 fully saturated rings. The fourth-order valence-electron chi connectivity index (χ4n) is 1.11. The van der Waals surface area contributed by atoms with Gasteiger partial charge in [0.25, 0.3) is 5.91 Å². The third-order valence-corrected chi connectivity index (χ3v) is 2.08. The summed E-state index contributed by atoms with van der Waals surface area (Å²) in [6.45, 7) is 1.43. The van der Waals surface area contributed by atoms with E-state index in [2.05, 4.69) is 10.5 Å². The summed E-state index contributed by atoms with van der Waals surface area (Å²) in [5, 5.41) is 13.3. The first-order chi connectivity index (χ1) is 7.95. The van der Waals surface area contributed by atoms with Gasteiger partial charge in [0, 0.05) is 0 Å². The minimum absolute atomic E-state index is 0.241. The fourth-order valence-corrected chi connectivity index (χ4v) is 1.11. The second-order valence-corrected chi connectivity index (χ2v) is 3.34. The molecule has 0 saturated heterocycles. The van der Waals surface area contributed by atoms with E-state index in [9.17, 15) is 13.6 Å². The first-order valence-electron chi connectivity index (χ1n) is 4.69. The Hall–Kier alpha value is -2.18. The van der Waals surface area contributed by atoms with Crippen molar-refractivity contribution in [3.63, 3.8) is 0 Å². The minimum Gasteiger partial charge on any atom is -0.409 e. The molecule has 92 valence electrons. The average Bonchev–Trinajstić information content (AvgIpc) is 2.30. The first kappa shape index (κ1) is 12.9. The SMILES string of the molecule is CC(NC(=O)c1cc(F)ccc1F)/C(N)=N/O. The van der Waals surface area contributed by atoms with Crippen molar-refractivity contribution in [3.8, 4) is 0 Å². The lowest BCUT2D eigenvalue weighted by molar-refractivity contribution is 0.0944. The van der Waals surface area contributed by atoms with Crippen LogP contribution in [-0.2, 0) is 0 Å². The predicted octanol–water partition coefficient (Wildman–Crippen LogP) is 0.830. The Morgan fingerprint density at radius 2 is 2.18 bits per heavy atom. The molecule has 4 N–H and O–H groups in total. The lowest BCUT2D eigenvalue weighted by Gasteiger charge is -2.12. The van der Waals surface area contributed by atoms with Gasteiger partial charge >= 0.3 is 0 Å². The molecule has 1 atom stereocenters. The lowest BCUT2D eigenvalue weighted by Crippen LogP contribution is -2.42. The van der Waals surface area contributed by atoms with E-state index >= 15 is 0 Å². The number of oxime groups is 1. The third-order valence-electron chi connectivity index (χ3n) is 2.08. The second kappa shape index (κ2) is 5.24. The molecule has 0 heterocycles. The van der Waals surface area contributed by atoms with E-state index in [-0.39, 0.29) is 5.84 Å². The van der Waals surface area contributed by atoms with Gasteiger partial charge in [-0.2, -0.15) is 0 Å². The highest BCUT2D eigenvalue weighted by molar-refractivity contribution is 5.98. The number of nitrogens with two attached hydrogens (primary N) is 1. The fraction of sp³-hybridized carbons (Fsp3) is 0.200. The minimum atomic E-state index is -0.851. The number of nitrogens with zero attached hydrogens (tertiary/aromatic N) is 1. The largest absolute Gasteiger partial charge is 0.409 e. The molecule has 0 spiro atoms. The Balaban J connectivity index is 2.87. The van der Waals surface area contributed by atoms with Gasteiger partial charge in [0.05, 0.1) is 11.6 Å². The van der Waals surface area contributed by atoms with Crippen LogP contribution in [0.2, 0.25) is 0 Å². The molecule has 17 heavy (non-hydrogen) atoms. The van der Waals surface area contributed by atoms with Crippen LogP contribution in [0.4, 0.5) is 8.78 Å². The smallest absolute Gasteiger partial charge is 0.254 e. The maximum Gasteiger partial charge on any atom is 0.254 e. The van der Waals surface area contributed by atoms with E-state index in [1.165, 1.54) is 6.92 Å². The monoisotopic (exact) mass is 243 g/mol. The standard InChI is InChI=1S/C10H11F2N3O2/c1-5(9(13)15-17)14-10(16)7-4-6(11)2-3-8(7)12/h2-5,17H,1H3,(H2,13,15)(H,14,16). The van der Waals surface area contributed by atoms with E-state index in [1.807, 2.05) is 0 Å². The van der Waals surface area contributed by atoms with E-state index in [4.69, 9.17) is 10.9 Å². The van der Waals surface area contributed by atoms with Gasteiger partial charge in [-0.15, -0.1) is 0 Å². The van der Waals surface area contributed by atoms with Gasteiger partial charge in [0.1, 0.15) is 11.6 Å². The summed E-state index contributed by atoms with van der Waals surface area (Å²) in [4.78, 5) is 11.5. The number of nitrogens with one attached hydrogen (secondary N) is 1. The van der Waals surface area contributed by atoms with E-state index in [1.54, 1.807) is 0 Å². The highest BCUT2D eigenvalue weighted by Gasteiger charge is 2.16. The molecule has 0 aliphatic rings. The van der Waals surface area contributed by atoms with Gasteiger partial charge in [-0.25, -0.2) is 8.78 Å². The molecule has 1 amide bonds. The zero-order valence-corrected chi connectivity index (χ0v) is 8.95. The summed E-state index contributed by atoms with van der Waals surface area (Å²) in [6, 6.07) is 1.72. The molecular formula is C10H11F2N3O2. The molecule has 0 saturated carbocycles. The summed E-state index contributed by atoms with van der Waals surface area (Å²) >= 11 is 0. The first-order valence-corrected chi connectivity index (χ1v) is 4.69. The van der Waals surface area contributed by atoms with Crippen LogP contribution < -0.4 is 11.1 Å². The normalized spacial score (nSPS) is 13.2. The number of benzene rings is 1. The highest BCUT2D eigenvalue weighted by atomic mass is 19.1. The van der Waals surface area contributed by atoms with Crippen molar-refractivity contribution in [2.24, 2.45) is 10.9 Å². The van der Waals surface area contributed by atoms with Crippen molar-refractivity contribution in [2.45, 2.75) is 13.0 Å². The van der Waals surface area contributed by atoms with E-state index < -0.39 is 29.1 Å². The molecule has 5 nitrogen and oxygen atoms in total. The molecule has 0 aliphatic heterocycles. The molecular weight excluding hydrogens is 232 g/mol. The second-order valence-electron chi connectivity index (χ2n) is 3.34. The molecule has 0 radical (unpaired) electrons. The summed E-state index contributed by atoms with van der Waals surface area (Å²) in [7, 11) is 0. The average molecular weight is 243 g/mol. The van der Waals surface area contributed by atoms with Crippen molar-refractivity contribution >= 4 is 11.7 Å². The summed E-state index contributed by atoms with van der Waals surface area (Å²) < 4.78 is 26.0. The van der Waals surface area contributed by atoms with Crippen LogP contribution in [0.3, 0.4) is 0 Å². The predicted molar refractivity (Wildman–Crippen MR) is 56.7 cm³/mol. The number of amidine groups is 1. The maximum atomic E-state index is 13.2. The quantitative estimate of drug-likeness (QED) is 0.318. The summed E-state index contributed by atoms with van der Waals surface area (Å²) in [6.07, 6.45) is 0. The Labute approximate surface area is 95.9 Å². The molecule has 1 rings (SSSR count). The molecule has 7 heteroatoms. The molecule has 1 aromatic carbocycles. The van der Waals surface area contributed by atoms with Crippen molar-refractivity contribution in [1.82, 2.24) is 5.32 Å². The number of carbonyl (C=O) groups is 1. The Bertz CT molecular complexity index is 463. The van der Waals surface area contributed by atoms with Crippen LogP contribution in [0, 0.1) is 11.6 Å². The van der Waals surface area contributed by atoms with Gasteiger partial charge in [-0.3, -0.25) is 4.79 Å². The van der Waals surface area contributed by atoms with Crippen molar-refractivity contribution in [3.05, 3.63) is 35.4 Å². The van der Waals surface area contributed by atoms with Crippen LogP contribution in [0.25, 0.3) is 0 Å². The zero-order valence-electron chi connectivity index (χ0n) is 8.95. The van der Waals surface area contributed by atoms with Crippen molar-refractivity contribution in [1.29, 1.82) is 0 Å². The summed E-state index contributed by atoms with van der Waals surface area (Å²) in [5.41, 5.74) is 4.79. The molecule has 0 aliphatic carbocycles. The Morgan fingerprint density at radius 1 is 1.53 bits per heavy atom. The number of halogens is 2. The Morgan fingerprint density at radius 3 is 2.76 bits per heavy atom. The molecule has 1 unspecified atom stereocenters. The van der Waals surface area contributed by atoms with E-state index in [0.29, 0.717) is 0 Å². The highest BCUT2D eigenvalue weighted by Crippen LogP contribution is 2.09. The number of rotatable bonds is 3. The van der Waals surface area contributed by atoms with Gasteiger partial charge in [0.15, 0.2) is 5.84 Å². The van der Waals surface area contributed by atoms with Crippen LogP contribution in [0.15, 0.2) is 23.4 Å². The van der Waals surface area contributed by atoms with E-state index in [0.717, 1.165) is 18.2 Å². The van der Waals surface area contributed by atoms with Crippen LogP contribution in [0.5, 0.6) is 0 Å². The third kappa shape index (κ3) is 3.13. The van der Waals surface area contributed by atoms with Crippen molar-refractivity contribution < 1.29 is 18.8 Å². The van der Waals surface area contributed by atoms with Crippen molar-refractivity contribution in [2.75, 3.05) is 0 Å². The topological polar surface area (TPSA) is 87.7 Å². The van der Waals surface area contributed by atoms with Gasteiger partial charge in [-0.1, -0.05) is 5.16 Å². The number of amides is 1. The zero-order chi connectivity index (χ0) is 13.0. The molecule has 1 aromatic rings. The van der Waals surface area contributed by atoms with Crippen LogP contribution in [-0.4, -0.2) is 23.0 Å². The Kier molecular flexibility index (Phi) is 3.97. The van der Waals surface area contributed by atoms with Gasteiger partial charge in [-0.05, 0) is 25.1 Å². The van der Waals surface area contributed by atoms with Gasteiger partial charge in [0.2, 0.25) is 0 Å². The summed E-state index contributed by atoms with van der Waals surface area (Å²) in [5.74, 6) is -2.67. The lowest BCUT2D eigenvalue weighted by atomic mass is 10.1. The van der Waals surface area contributed by atoms with Gasteiger partial charge < -0.3 is 16.3 Å².